The van der Waals surface area contributed by atoms with Crippen LogP contribution in [0.3, 0.4) is 0 Å². The number of amides is 4. The van der Waals surface area contributed by atoms with Crippen molar-refractivity contribution in [1.29, 1.82) is 0 Å². The molecule has 0 heterocycles. The molecule has 0 saturated heterocycles. The molecule has 1 atom stereocenters. The van der Waals surface area contributed by atoms with Gasteiger partial charge in [0.1, 0.15) is 49.4 Å². The minimum absolute atomic E-state index is 0.00140. The summed E-state index contributed by atoms with van der Waals surface area (Å²) in [6.07, 6.45) is -1.55. The van der Waals surface area contributed by atoms with Gasteiger partial charge >= 0.3 is 48.3 Å². The lowest BCUT2D eigenvalue weighted by molar-refractivity contribution is -0.139. The highest BCUT2D eigenvalue weighted by Gasteiger charge is 2.29. The van der Waals surface area contributed by atoms with Gasteiger partial charge in [-0.2, -0.15) is 0 Å². The van der Waals surface area contributed by atoms with Crippen LogP contribution < -0.4 is 40.2 Å². The third kappa shape index (κ3) is 20.1. The Bertz CT molecular complexity index is 2620. The maximum Gasteiger partial charge on any atom is 0.412 e. The minimum atomic E-state index is -0.794. The molecule has 396 valence electrons. The molecule has 0 aliphatic heterocycles. The molecule has 0 radical (unpaired) electrons. The van der Waals surface area contributed by atoms with Crippen LogP contribution in [0.5, 0.6) is 23.0 Å². The van der Waals surface area contributed by atoms with Crippen LogP contribution in [-0.4, -0.2) is 101 Å². The van der Waals surface area contributed by atoms with Gasteiger partial charge < -0.3 is 59.2 Å². The molecule has 0 saturated carbocycles. The van der Waals surface area contributed by atoms with E-state index in [1.807, 2.05) is 0 Å². The zero-order valence-corrected chi connectivity index (χ0v) is 42.3. The number of benzene rings is 4. The van der Waals surface area contributed by atoms with Gasteiger partial charge in [-0.1, -0.05) is 74.3 Å². The fourth-order valence-electron chi connectivity index (χ4n) is 6.49. The van der Waals surface area contributed by atoms with Gasteiger partial charge in [-0.25, -0.2) is 38.4 Å². The quantitative estimate of drug-likeness (QED) is 0.0213. The first kappa shape index (κ1) is 58.4. The van der Waals surface area contributed by atoms with E-state index in [1.165, 1.54) is 20.8 Å². The third-order valence-electron chi connectivity index (χ3n) is 10.4. The number of carbonyl (C=O) groups excluding carboxylic acids is 8. The zero-order valence-electron chi connectivity index (χ0n) is 42.3. The maximum absolute atomic E-state index is 12.8. The molecule has 0 aliphatic rings. The second-order valence-corrected chi connectivity index (χ2v) is 16.4. The first-order valence-corrected chi connectivity index (χ1v) is 23.4. The van der Waals surface area contributed by atoms with E-state index in [-0.39, 0.29) is 92.3 Å². The van der Waals surface area contributed by atoms with Gasteiger partial charge in [0.05, 0.1) is 26.2 Å². The Kier molecular flexibility index (Phi) is 23.3. The molecule has 4 rings (SSSR count). The Labute approximate surface area is 434 Å². The van der Waals surface area contributed by atoms with Crippen molar-refractivity contribution in [2.45, 2.75) is 46.5 Å². The lowest BCUT2D eigenvalue weighted by Crippen LogP contribution is -2.30. The van der Waals surface area contributed by atoms with Crippen LogP contribution in [0.25, 0.3) is 0 Å². The van der Waals surface area contributed by atoms with Gasteiger partial charge in [0, 0.05) is 34.1 Å². The zero-order chi connectivity index (χ0) is 54.9. The average Bonchev–Trinajstić information content (AvgIpc) is 3.39. The summed E-state index contributed by atoms with van der Waals surface area (Å²) in [6.45, 7) is 18.0. The van der Waals surface area contributed by atoms with Crippen LogP contribution in [0.1, 0.15) is 68.7 Å². The van der Waals surface area contributed by atoms with Crippen molar-refractivity contribution in [1.82, 2.24) is 21.3 Å². The predicted molar refractivity (Wildman–Crippen MR) is 273 cm³/mol. The number of allylic oxidation sites excluding steroid dienone is 1. The normalized spacial score (nSPS) is 11.1. The van der Waals surface area contributed by atoms with Gasteiger partial charge in [0.25, 0.3) is 0 Å². The van der Waals surface area contributed by atoms with E-state index in [9.17, 15) is 38.4 Å². The van der Waals surface area contributed by atoms with Crippen molar-refractivity contribution >= 4 is 48.3 Å². The number of ether oxygens (including phenoxy) is 8. The Morgan fingerprint density at radius 1 is 0.387 bits per heavy atom. The highest BCUT2D eigenvalue weighted by Crippen LogP contribution is 2.44. The van der Waals surface area contributed by atoms with Crippen molar-refractivity contribution in [2.75, 3.05) is 52.6 Å². The molecule has 4 N–H and O–H groups in total. The number of nitrogens with one attached hydrogen (secondary N) is 4. The smallest absolute Gasteiger partial charge is 0.412 e. The van der Waals surface area contributed by atoms with E-state index in [1.54, 1.807) is 117 Å². The summed E-state index contributed by atoms with van der Waals surface area (Å²) in [6, 6.07) is 26.9. The summed E-state index contributed by atoms with van der Waals surface area (Å²) in [4.78, 5) is 98.0. The second kappa shape index (κ2) is 30.0. The summed E-state index contributed by atoms with van der Waals surface area (Å²) < 4.78 is 42.3. The number of hydrogen-bond acceptors (Lipinski definition) is 16. The van der Waals surface area contributed by atoms with Gasteiger partial charge in [0.15, 0.2) is 0 Å². The maximum atomic E-state index is 12.8. The van der Waals surface area contributed by atoms with Crippen molar-refractivity contribution in [3.63, 3.8) is 0 Å². The summed E-state index contributed by atoms with van der Waals surface area (Å²) in [7, 11) is 0. The van der Waals surface area contributed by atoms with Crippen LogP contribution in [-0.2, 0) is 38.1 Å². The van der Waals surface area contributed by atoms with Gasteiger partial charge in [0.2, 0.25) is 0 Å². The van der Waals surface area contributed by atoms with E-state index in [2.05, 4.69) is 41.0 Å². The highest BCUT2D eigenvalue weighted by atomic mass is 16.6. The van der Waals surface area contributed by atoms with Crippen LogP contribution in [0.4, 0.5) is 19.2 Å². The Balaban J connectivity index is 1.67. The molecule has 20 nitrogen and oxygen atoms in total. The van der Waals surface area contributed by atoms with E-state index in [0.717, 1.165) is 0 Å². The SMILES string of the molecule is C=C(C)C(=O)OCCNC(=O)Oc1ccc(C(c2ccc(OC(=O)NCCOC(=O)C(=C)C)cc2)C(c2ccc(OC(=O)NCCOC(=O)C(=C)C)cc2)c2ccc(OC(=O)NCCOC(=O)/C(C)=C/C)cc2)cc1. The summed E-state index contributed by atoms with van der Waals surface area (Å²) >= 11 is 0. The van der Waals surface area contributed by atoms with Crippen LogP contribution in [0, 0.1) is 0 Å². The van der Waals surface area contributed by atoms with Crippen molar-refractivity contribution in [3.05, 3.63) is 167 Å². The molecular weight excluding hydrogens is 973 g/mol. The first-order valence-electron chi connectivity index (χ1n) is 23.4. The lowest BCUT2D eigenvalue weighted by Gasteiger charge is -2.30. The van der Waals surface area contributed by atoms with Crippen LogP contribution in [0.15, 0.2) is 145 Å². The van der Waals surface area contributed by atoms with Crippen LogP contribution >= 0.6 is 0 Å². The fraction of sp³-hybridized carbons (Fsp3) is 0.273. The fourth-order valence-corrected chi connectivity index (χ4v) is 6.49. The molecule has 4 amide bonds. The van der Waals surface area contributed by atoms with Crippen molar-refractivity contribution in [3.8, 4) is 23.0 Å². The molecule has 0 aromatic heterocycles. The number of hydrogen-bond donors (Lipinski definition) is 4. The highest BCUT2D eigenvalue weighted by molar-refractivity contribution is 5.88. The van der Waals surface area contributed by atoms with Crippen LogP contribution in [0.2, 0.25) is 0 Å². The van der Waals surface area contributed by atoms with E-state index >= 15 is 0 Å². The Morgan fingerprint density at radius 3 is 0.800 bits per heavy atom. The summed E-state index contributed by atoms with van der Waals surface area (Å²) in [5.41, 5.74) is 3.93. The molecule has 0 fully saturated rings. The lowest BCUT2D eigenvalue weighted by atomic mass is 9.73. The number of carbonyl (C=O) groups is 8. The molecule has 4 aromatic rings. The van der Waals surface area contributed by atoms with E-state index < -0.39 is 60.1 Å². The standard InChI is InChI=1S/C55H60N4O16/c1-9-37(8)51(63)71-33-29-59-55(67)75-45-24-16-41(17-25-45)47(40-14-22-44(23-15-40)74-54(66)58-28-32-70-50(62)36(6)7)46(38-10-18-42(19-11-38)72-52(64)56-26-30-68-48(60)34(2)3)39-12-20-43(21-13-39)73-53(65)57-27-31-69-49(61)35(4)5/h9-25,46-47H,2,4,6,26-33H2,1,3,5,7-8H3,(H,56,64)(H,57,65)(H,58,66)(H,59,67)/b37-9+. The largest absolute Gasteiger partial charge is 0.460 e. The van der Waals surface area contributed by atoms with Gasteiger partial charge in [-0.3, -0.25) is 0 Å². The van der Waals surface area contributed by atoms with E-state index in [4.69, 9.17) is 37.9 Å². The van der Waals surface area contributed by atoms with Crippen molar-refractivity contribution < 1.29 is 76.3 Å². The molecule has 4 aromatic carbocycles. The van der Waals surface area contributed by atoms with E-state index in [0.29, 0.717) is 27.8 Å². The molecule has 1 unspecified atom stereocenters. The number of esters is 4. The predicted octanol–water partition coefficient (Wildman–Crippen LogP) is 7.87. The Hall–Kier alpha value is -9.20. The second-order valence-electron chi connectivity index (χ2n) is 16.4. The molecule has 0 spiro atoms. The molecule has 0 bridgehead atoms. The molecule has 75 heavy (non-hydrogen) atoms. The molecule has 0 aliphatic carbocycles. The Morgan fingerprint density at radius 2 is 0.600 bits per heavy atom. The molecular formula is C55H60N4O16. The molecule has 20 heteroatoms. The monoisotopic (exact) mass is 1030 g/mol. The van der Waals surface area contributed by atoms with Gasteiger partial charge in [-0.05, 0) is 105 Å². The minimum Gasteiger partial charge on any atom is -0.460 e. The third-order valence-corrected chi connectivity index (χ3v) is 10.4. The first-order chi connectivity index (χ1) is 35.8. The number of rotatable bonds is 25. The summed E-state index contributed by atoms with van der Waals surface area (Å²) in [5.74, 6) is -2.67. The van der Waals surface area contributed by atoms with Crippen molar-refractivity contribution in [2.24, 2.45) is 0 Å². The summed E-state index contributed by atoms with van der Waals surface area (Å²) in [5, 5.41) is 10.1. The topological polar surface area (TPSA) is 259 Å². The average molecular weight is 1030 g/mol. The van der Waals surface area contributed by atoms with Gasteiger partial charge in [-0.15, -0.1) is 0 Å².